The number of rotatable bonds is 11. The highest BCUT2D eigenvalue weighted by atomic mass is 15.3. The lowest BCUT2D eigenvalue weighted by molar-refractivity contribution is 0.275. The second kappa shape index (κ2) is 11.9. The van der Waals surface area contributed by atoms with Gasteiger partial charge in [0.25, 0.3) is 0 Å². The summed E-state index contributed by atoms with van der Waals surface area (Å²) in [6.45, 7) is 8.36. The number of piperazine rings is 1. The molecule has 4 fully saturated rings. The maximum atomic E-state index is 6.07. The maximum absolute atomic E-state index is 6.07. The molecule has 0 amide bonds. The van der Waals surface area contributed by atoms with Gasteiger partial charge < -0.3 is 31.9 Å². The summed E-state index contributed by atoms with van der Waals surface area (Å²) < 4.78 is 0. The van der Waals surface area contributed by atoms with Crippen LogP contribution in [-0.2, 0) is 0 Å². The first-order valence-corrected chi connectivity index (χ1v) is 14.0. The summed E-state index contributed by atoms with van der Waals surface area (Å²) in [5, 5.41) is 14.4. The van der Waals surface area contributed by atoms with Crippen LogP contribution in [-0.4, -0.2) is 68.4 Å². The molecule has 4 aliphatic rings. The third kappa shape index (κ3) is 6.52. The minimum absolute atomic E-state index is 0.548. The molecule has 8 heteroatoms. The van der Waals surface area contributed by atoms with Crippen LogP contribution >= 0.6 is 0 Å². The minimum atomic E-state index is 0.548. The average molecular weight is 471 g/mol. The molecule has 3 atom stereocenters. The van der Waals surface area contributed by atoms with Crippen LogP contribution in [0.4, 0.5) is 17.6 Å². The van der Waals surface area contributed by atoms with Gasteiger partial charge >= 0.3 is 0 Å². The summed E-state index contributed by atoms with van der Waals surface area (Å²) in [6, 6.07) is 2.72. The first-order chi connectivity index (χ1) is 16.7. The summed E-state index contributed by atoms with van der Waals surface area (Å²) in [5.74, 6) is 5.73. The molecule has 190 valence electrons. The normalized spacial score (nSPS) is 31.2. The molecule has 0 aromatic carbocycles. The van der Waals surface area contributed by atoms with E-state index in [2.05, 4.69) is 31.2 Å². The van der Waals surface area contributed by atoms with E-state index >= 15 is 0 Å². The van der Waals surface area contributed by atoms with Gasteiger partial charge in [0.15, 0.2) is 0 Å². The van der Waals surface area contributed by atoms with E-state index in [0.717, 1.165) is 68.9 Å². The number of anilines is 3. The van der Waals surface area contributed by atoms with Crippen LogP contribution in [0.5, 0.6) is 0 Å². The molecule has 1 aromatic heterocycles. The number of hydrogen-bond donors (Lipinski definition) is 5. The van der Waals surface area contributed by atoms with E-state index in [1.165, 1.54) is 70.9 Å². The monoisotopic (exact) mass is 470 g/mol. The van der Waals surface area contributed by atoms with E-state index < -0.39 is 0 Å². The zero-order valence-corrected chi connectivity index (χ0v) is 20.9. The molecule has 0 spiro atoms. The van der Waals surface area contributed by atoms with Gasteiger partial charge in [0.05, 0.1) is 0 Å². The van der Waals surface area contributed by atoms with Gasteiger partial charge in [-0.25, -0.2) is 0 Å². The summed E-state index contributed by atoms with van der Waals surface area (Å²) in [5.41, 5.74) is 6.07. The van der Waals surface area contributed by atoms with Crippen LogP contribution in [0, 0.1) is 23.7 Å². The van der Waals surface area contributed by atoms with Gasteiger partial charge in [-0.05, 0) is 94.7 Å². The molecule has 1 saturated heterocycles. The quantitative estimate of drug-likeness (QED) is 0.314. The van der Waals surface area contributed by atoms with Gasteiger partial charge in [0, 0.05) is 44.8 Å². The molecule has 6 N–H and O–H groups in total. The molecule has 2 heterocycles. The van der Waals surface area contributed by atoms with E-state index in [4.69, 9.17) is 10.7 Å². The molecule has 3 saturated carbocycles. The molecule has 1 aromatic rings. The standard InChI is InChI=1S/C26H46N8/c27-24-16-25(34-12-10-28-11-13-34)33-26(32-24)31-18-20-4-2-19(3-5-20)17-29-8-1-9-30-23-15-21-6-7-22(23)14-21/h16,19-23,28-30H,1-15,17-18H2,(H3,27,31,32,33)/t19?,20?,21-,22+,23+/m1/s1. The molecule has 34 heavy (non-hydrogen) atoms. The van der Waals surface area contributed by atoms with Gasteiger partial charge in [-0.3, -0.25) is 0 Å². The van der Waals surface area contributed by atoms with Gasteiger partial charge in [0.1, 0.15) is 11.6 Å². The highest BCUT2D eigenvalue weighted by molar-refractivity contribution is 5.51. The topological polar surface area (TPSA) is 103 Å². The predicted molar refractivity (Wildman–Crippen MR) is 140 cm³/mol. The van der Waals surface area contributed by atoms with Crippen molar-refractivity contribution in [3.63, 3.8) is 0 Å². The number of nitrogens with zero attached hydrogens (tertiary/aromatic N) is 3. The molecule has 3 aliphatic carbocycles. The average Bonchev–Trinajstić information content (AvgIpc) is 3.49. The van der Waals surface area contributed by atoms with E-state index in [1.54, 1.807) is 0 Å². The van der Waals surface area contributed by atoms with Crippen molar-refractivity contribution in [2.24, 2.45) is 23.7 Å². The second-order valence-corrected chi connectivity index (χ2v) is 11.3. The van der Waals surface area contributed by atoms with Crippen molar-refractivity contribution in [3.8, 4) is 0 Å². The lowest BCUT2D eigenvalue weighted by atomic mass is 9.82. The van der Waals surface area contributed by atoms with Crippen molar-refractivity contribution >= 4 is 17.6 Å². The number of fused-ring (bicyclic) bond motifs is 2. The van der Waals surface area contributed by atoms with Gasteiger partial charge in [-0.15, -0.1) is 0 Å². The largest absolute Gasteiger partial charge is 0.383 e. The number of hydrogen-bond acceptors (Lipinski definition) is 8. The molecule has 2 bridgehead atoms. The summed E-state index contributed by atoms with van der Waals surface area (Å²) >= 11 is 0. The van der Waals surface area contributed by atoms with Crippen molar-refractivity contribution in [1.82, 2.24) is 25.9 Å². The Balaban J connectivity index is 0.936. The molecule has 0 unspecified atom stereocenters. The number of aromatic nitrogens is 2. The predicted octanol–water partition coefficient (Wildman–Crippen LogP) is 2.44. The van der Waals surface area contributed by atoms with Crippen LogP contribution in [0.1, 0.15) is 57.8 Å². The Morgan fingerprint density at radius 3 is 2.47 bits per heavy atom. The summed E-state index contributed by atoms with van der Waals surface area (Å²) in [7, 11) is 0. The van der Waals surface area contributed by atoms with Crippen molar-refractivity contribution in [2.45, 2.75) is 63.8 Å². The Kier molecular flexibility index (Phi) is 8.40. The van der Waals surface area contributed by atoms with Crippen molar-refractivity contribution in [2.75, 3.05) is 68.3 Å². The summed E-state index contributed by atoms with van der Waals surface area (Å²) in [4.78, 5) is 11.4. The third-order valence-corrected chi connectivity index (χ3v) is 8.80. The lowest BCUT2D eigenvalue weighted by Gasteiger charge is -2.30. The Morgan fingerprint density at radius 2 is 1.74 bits per heavy atom. The number of nitrogen functional groups attached to an aromatic ring is 1. The molecule has 0 radical (unpaired) electrons. The molecular formula is C26H46N8. The van der Waals surface area contributed by atoms with Crippen molar-refractivity contribution < 1.29 is 0 Å². The highest BCUT2D eigenvalue weighted by Crippen LogP contribution is 2.44. The SMILES string of the molecule is Nc1cc(N2CCNCC2)nc(NCC2CCC(CNCCCN[C@H]3C[C@@H]4CC[C@H]3C4)CC2)n1. The van der Waals surface area contributed by atoms with Crippen LogP contribution in [0.25, 0.3) is 0 Å². The number of nitrogens with two attached hydrogens (primary N) is 1. The lowest BCUT2D eigenvalue weighted by Crippen LogP contribution is -2.44. The fourth-order valence-corrected chi connectivity index (χ4v) is 6.76. The second-order valence-electron chi connectivity index (χ2n) is 11.3. The molecule has 1 aliphatic heterocycles. The fraction of sp³-hybridized carbons (Fsp3) is 0.846. The molecular weight excluding hydrogens is 424 g/mol. The first-order valence-electron chi connectivity index (χ1n) is 14.0. The zero-order chi connectivity index (χ0) is 23.2. The van der Waals surface area contributed by atoms with E-state index in [-0.39, 0.29) is 0 Å². The first kappa shape index (κ1) is 24.1. The number of nitrogens with one attached hydrogen (secondary N) is 4. The van der Waals surface area contributed by atoms with Crippen LogP contribution in [0.2, 0.25) is 0 Å². The molecule has 5 rings (SSSR count). The van der Waals surface area contributed by atoms with E-state index in [0.29, 0.717) is 17.7 Å². The summed E-state index contributed by atoms with van der Waals surface area (Å²) in [6.07, 6.45) is 12.4. The van der Waals surface area contributed by atoms with E-state index in [1.807, 2.05) is 6.07 Å². The third-order valence-electron chi connectivity index (χ3n) is 8.80. The Morgan fingerprint density at radius 1 is 0.941 bits per heavy atom. The van der Waals surface area contributed by atoms with Crippen molar-refractivity contribution in [1.29, 1.82) is 0 Å². The fourth-order valence-electron chi connectivity index (χ4n) is 6.76. The van der Waals surface area contributed by atoms with Gasteiger partial charge in [0.2, 0.25) is 5.95 Å². The Bertz CT molecular complexity index is 759. The smallest absolute Gasteiger partial charge is 0.226 e. The van der Waals surface area contributed by atoms with Crippen LogP contribution in [0.15, 0.2) is 6.07 Å². The van der Waals surface area contributed by atoms with Crippen LogP contribution < -0.4 is 31.9 Å². The van der Waals surface area contributed by atoms with Crippen LogP contribution in [0.3, 0.4) is 0 Å². The minimum Gasteiger partial charge on any atom is -0.383 e. The van der Waals surface area contributed by atoms with Gasteiger partial charge in [-0.1, -0.05) is 6.42 Å². The molecule has 8 nitrogen and oxygen atoms in total. The highest BCUT2D eigenvalue weighted by Gasteiger charge is 2.38. The Labute approximate surface area is 205 Å². The maximum Gasteiger partial charge on any atom is 0.226 e. The van der Waals surface area contributed by atoms with E-state index in [9.17, 15) is 0 Å². The zero-order valence-electron chi connectivity index (χ0n) is 20.9. The van der Waals surface area contributed by atoms with Crippen molar-refractivity contribution in [3.05, 3.63) is 6.07 Å². The van der Waals surface area contributed by atoms with Gasteiger partial charge in [-0.2, -0.15) is 9.97 Å². The Hall–Kier alpha value is -1.64.